The number of aromatic nitrogens is 7. The molecule has 2 unspecified atom stereocenters. The fraction of sp³-hybridized carbons (Fsp3) is 0.531. The summed E-state index contributed by atoms with van der Waals surface area (Å²) in [6.45, 7) is 12.0. The van der Waals surface area contributed by atoms with Gasteiger partial charge in [-0.25, -0.2) is 4.79 Å². The van der Waals surface area contributed by atoms with Crippen LogP contribution in [0.5, 0.6) is 0 Å². The number of aromatic amines is 1. The zero-order valence-corrected chi connectivity index (χ0v) is 24.5. The summed E-state index contributed by atoms with van der Waals surface area (Å²) in [4.78, 5) is 18.9. The van der Waals surface area contributed by atoms with E-state index in [2.05, 4.69) is 72.1 Å². The molecular weight excluding hydrogens is 498 g/mol. The maximum absolute atomic E-state index is 14.1. The van der Waals surface area contributed by atoms with E-state index >= 15 is 0 Å². The highest BCUT2D eigenvalue weighted by Crippen LogP contribution is 2.45. The highest BCUT2D eigenvalue weighted by atomic mass is 16.1. The molecule has 1 saturated carbocycles. The van der Waals surface area contributed by atoms with Crippen LogP contribution in [0.25, 0.3) is 22.6 Å². The van der Waals surface area contributed by atoms with Gasteiger partial charge in [-0.1, -0.05) is 77.8 Å². The fourth-order valence-corrected chi connectivity index (χ4v) is 6.64. The molecule has 1 fully saturated rings. The van der Waals surface area contributed by atoms with E-state index in [1.54, 1.807) is 0 Å². The molecule has 0 spiro atoms. The number of aryl methyl sites for hydroxylation is 1. The molecule has 1 aliphatic carbocycles. The van der Waals surface area contributed by atoms with Crippen molar-refractivity contribution in [3.8, 4) is 22.6 Å². The fourth-order valence-electron chi connectivity index (χ4n) is 6.64. The number of H-pyrrole nitrogens is 1. The van der Waals surface area contributed by atoms with Crippen LogP contribution < -0.4 is 5.69 Å². The van der Waals surface area contributed by atoms with Crippen LogP contribution in [-0.4, -0.2) is 34.7 Å². The van der Waals surface area contributed by atoms with Crippen LogP contribution in [0.15, 0.2) is 53.6 Å². The minimum absolute atomic E-state index is 0.126. The number of hydrogen-bond donors (Lipinski definition) is 1. The van der Waals surface area contributed by atoms with Gasteiger partial charge >= 0.3 is 5.69 Å². The molecule has 0 saturated heterocycles. The number of benzene rings is 1. The average Bonchev–Trinajstić information content (AvgIpc) is 3.61. The highest BCUT2D eigenvalue weighted by molar-refractivity contribution is 5.78. The van der Waals surface area contributed by atoms with E-state index < -0.39 is 0 Å². The minimum Gasteiger partial charge on any atom is -0.295 e. The quantitative estimate of drug-likeness (QED) is 0.246. The Bertz CT molecular complexity index is 1420. The van der Waals surface area contributed by atoms with Gasteiger partial charge in [-0.2, -0.15) is 5.21 Å². The second-order valence-corrected chi connectivity index (χ2v) is 12.1. The van der Waals surface area contributed by atoms with Crippen LogP contribution in [0.4, 0.5) is 0 Å². The monoisotopic (exact) mass is 541 g/mol. The summed E-state index contributed by atoms with van der Waals surface area (Å²) in [5.41, 5.74) is 4.93. The topological polar surface area (TPSA) is 94.3 Å². The molecule has 4 aromatic rings. The third-order valence-electron chi connectivity index (χ3n) is 8.81. The van der Waals surface area contributed by atoms with Gasteiger partial charge in [0.1, 0.15) is 0 Å². The third-order valence-corrected chi connectivity index (χ3v) is 8.81. The Balaban J connectivity index is 1.48. The number of hydrogen-bond acceptors (Lipinski definition) is 5. The average molecular weight is 542 g/mol. The van der Waals surface area contributed by atoms with Crippen molar-refractivity contribution in [1.82, 2.24) is 34.7 Å². The lowest BCUT2D eigenvalue weighted by atomic mass is 9.68. The molecule has 212 valence electrons. The van der Waals surface area contributed by atoms with E-state index in [4.69, 9.17) is 4.98 Å². The first kappa shape index (κ1) is 28.0. The van der Waals surface area contributed by atoms with Crippen LogP contribution >= 0.6 is 0 Å². The van der Waals surface area contributed by atoms with E-state index in [0.29, 0.717) is 36.0 Å². The Morgan fingerprint density at radius 1 is 1.00 bits per heavy atom. The van der Waals surface area contributed by atoms with Gasteiger partial charge in [-0.3, -0.25) is 14.1 Å². The van der Waals surface area contributed by atoms with E-state index in [1.165, 1.54) is 19.3 Å². The van der Waals surface area contributed by atoms with Crippen molar-refractivity contribution in [1.29, 1.82) is 0 Å². The SMILES string of the molecule is CCCCc1cn(C2C(C(C)C)CCCC2C(C)C)c(=O)n1Cc1ccc(-c2ccccc2-c2nn[nH]n2)nc1. The van der Waals surface area contributed by atoms with Crippen molar-refractivity contribution in [2.24, 2.45) is 23.7 Å². The normalized spacial score (nSPS) is 19.5. The summed E-state index contributed by atoms with van der Waals surface area (Å²) < 4.78 is 4.13. The van der Waals surface area contributed by atoms with Crippen LogP contribution in [0.1, 0.15) is 84.0 Å². The summed E-state index contributed by atoms with van der Waals surface area (Å²) in [5.74, 6) is 2.68. The largest absolute Gasteiger partial charge is 0.328 e. The van der Waals surface area contributed by atoms with E-state index in [9.17, 15) is 4.79 Å². The molecule has 2 atom stereocenters. The van der Waals surface area contributed by atoms with Gasteiger partial charge in [0.05, 0.1) is 12.2 Å². The molecule has 40 heavy (non-hydrogen) atoms. The molecule has 8 heteroatoms. The summed E-state index contributed by atoms with van der Waals surface area (Å²) in [6, 6.07) is 12.3. The van der Waals surface area contributed by atoms with Crippen molar-refractivity contribution >= 4 is 0 Å². The Kier molecular flexibility index (Phi) is 8.62. The molecule has 0 aliphatic heterocycles. The minimum atomic E-state index is 0.126. The lowest BCUT2D eigenvalue weighted by molar-refractivity contribution is 0.0873. The number of nitrogens with one attached hydrogen (secondary N) is 1. The zero-order chi connectivity index (χ0) is 28.2. The first-order valence-corrected chi connectivity index (χ1v) is 15.0. The molecule has 8 nitrogen and oxygen atoms in total. The van der Waals surface area contributed by atoms with Gasteiger partial charge in [-0.05, 0) is 66.2 Å². The van der Waals surface area contributed by atoms with Gasteiger partial charge in [0.2, 0.25) is 5.82 Å². The predicted octanol–water partition coefficient (Wildman–Crippen LogP) is 6.55. The molecular formula is C32H43N7O. The first-order valence-electron chi connectivity index (χ1n) is 15.0. The van der Waals surface area contributed by atoms with Gasteiger partial charge in [-0.15, -0.1) is 10.2 Å². The molecule has 0 radical (unpaired) electrons. The number of rotatable bonds is 10. The summed E-state index contributed by atoms with van der Waals surface area (Å²) in [7, 11) is 0. The van der Waals surface area contributed by atoms with E-state index in [1.807, 2.05) is 41.1 Å². The second kappa shape index (κ2) is 12.3. The van der Waals surface area contributed by atoms with Crippen LogP contribution in [-0.2, 0) is 13.0 Å². The summed E-state index contributed by atoms with van der Waals surface area (Å²) >= 11 is 0. The predicted molar refractivity (Wildman–Crippen MR) is 159 cm³/mol. The molecule has 0 bridgehead atoms. The van der Waals surface area contributed by atoms with E-state index in [-0.39, 0.29) is 11.7 Å². The molecule has 1 aliphatic rings. The van der Waals surface area contributed by atoms with Gasteiger partial charge in [0, 0.05) is 35.3 Å². The van der Waals surface area contributed by atoms with Gasteiger partial charge in [0.15, 0.2) is 0 Å². The molecule has 3 aromatic heterocycles. The van der Waals surface area contributed by atoms with Crippen LogP contribution in [0.2, 0.25) is 0 Å². The number of nitrogens with zero attached hydrogens (tertiary/aromatic N) is 6. The number of pyridine rings is 1. The zero-order valence-electron chi connectivity index (χ0n) is 24.5. The smallest absolute Gasteiger partial charge is 0.295 e. The number of imidazole rings is 1. The lowest BCUT2D eigenvalue weighted by Crippen LogP contribution is -2.41. The van der Waals surface area contributed by atoms with Crippen molar-refractivity contribution in [2.75, 3.05) is 0 Å². The molecule has 1 N–H and O–H groups in total. The molecule has 5 rings (SSSR count). The Morgan fingerprint density at radius 3 is 2.33 bits per heavy atom. The second-order valence-electron chi connectivity index (χ2n) is 12.1. The maximum atomic E-state index is 14.1. The Morgan fingerprint density at radius 2 is 1.73 bits per heavy atom. The van der Waals surface area contributed by atoms with Crippen molar-refractivity contribution in [3.63, 3.8) is 0 Å². The van der Waals surface area contributed by atoms with Crippen molar-refractivity contribution in [3.05, 3.63) is 70.5 Å². The van der Waals surface area contributed by atoms with Gasteiger partial charge < -0.3 is 0 Å². The molecule has 0 amide bonds. The molecule has 3 heterocycles. The summed E-state index contributed by atoms with van der Waals surface area (Å²) in [6.07, 6.45) is 10.8. The Labute approximate surface area is 237 Å². The lowest BCUT2D eigenvalue weighted by Gasteiger charge is -2.42. The number of unbranched alkanes of at least 4 members (excludes halogenated alkanes) is 1. The molecule has 1 aromatic carbocycles. The maximum Gasteiger partial charge on any atom is 0.328 e. The van der Waals surface area contributed by atoms with Crippen LogP contribution in [0.3, 0.4) is 0 Å². The van der Waals surface area contributed by atoms with Crippen molar-refractivity contribution in [2.45, 2.75) is 85.7 Å². The van der Waals surface area contributed by atoms with Crippen molar-refractivity contribution < 1.29 is 0 Å². The highest BCUT2D eigenvalue weighted by Gasteiger charge is 2.39. The number of tetrazole rings is 1. The van der Waals surface area contributed by atoms with Gasteiger partial charge in [0.25, 0.3) is 0 Å². The summed E-state index contributed by atoms with van der Waals surface area (Å²) in [5, 5.41) is 14.5. The van der Waals surface area contributed by atoms with E-state index in [0.717, 1.165) is 47.3 Å². The first-order chi connectivity index (χ1) is 19.4. The third kappa shape index (κ3) is 5.67. The van der Waals surface area contributed by atoms with Crippen LogP contribution in [0, 0.1) is 23.7 Å². The standard InChI is InChI=1S/C32H43N7O/c1-6-7-11-24-20-39(30-25(21(2)3)14-10-15-26(30)22(4)5)32(40)38(24)19-23-16-17-29(33-18-23)27-12-8-9-13-28(27)31-34-36-37-35-31/h8-9,12-13,16-18,20-22,25-26,30H,6-7,10-11,14-15,19H2,1-5H3,(H,34,35,36,37). The Hall–Kier alpha value is -3.55.